The van der Waals surface area contributed by atoms with E-state index in [2.05, 4.69) is 0 Å². The molecule has 0 saturated heterocycles. The van der Waals surface area contributed by atoms with Gasteiger partial charge < -0.3 is 0 Å². The number of amides is 2. The lowest BCUT2D eigenvalue weighted by Crippen LogP contribution is -2.29. The lowest BCUT2D eigenvalue weighted by molar-refractivity contribution is -0.138. The van der Waals surface area contributed by atoms with Gasteiger partial charge in [-0.1, -0.05) is 30.3 Å². The van der Waals surface area contributed by atoms with Crippen LogP contribution in [-0.4, -0.2) is 23.8 Å². The molecule has 1 rings (SSSR count). The molecule has 0 atom stereocenters. The Hall–Kier alpha value is -1.90. The molecule has 0 unspecified atom stereocenters. The quantitative estimate of drug-likeness (QED) is 0.686. The lowest BCUT2D eigenvalue weighted by Gasteiger charge is -2.08. The van der Waals surface area contributed by atoms with Crippen LogP contribution in [0.5, 0.6) is 0 Å². The summed E-state index contributed by atoms with van der Waals surface area (Å²) in [6.45, 7) is 1.36. The molecule has 0 saturated carbocycles. The topological polar surface area (TPSA) is 37.4 Å². The molecule has 2 amide bonds. The Bertz CT molecular complexity index is 382. The van der Waals surface area contributed by atoms with Crippen LogP contribution >= 0.6 is 0 Å². The van der Waals surface area contributed by atoms with Crippen molar-refractivity contribution >= 4 is 17.9 Å². The zero-order chi connectivity index (χ0) is 11.3. The van der Waals surface area contributed by atoms with Crippen molar-refractivity contribution in [3.8, 4) is 0 Å². The number of nitrogens with zero attached hydrogens (tertiary/aromatic N) is 1. The van der Waals surface area contributed by atoms with E-state index in [9.17, 15) is 9.59 Å². The monoisotopic (exact) mass is 203 g/mol. The van der Waals surface area contributed by atoms with Gasteiger partial charge in [0.25, 0.3) is 5.91 Å². The average Bonchev–Trinajstić information content (AvgIpc) is 2.26. The third kappa shape index (κ3) is 3.38. The first-order valence-electron chi connectivity index (χ1n) is 4.62. The predicted octanol–water partition coefficient (Wildman–Crippen LogP) is 1.70. The molecule has 0 aliphatic rings. The van der Waals surface area contributed by atoms with Crippen molar-refractivity contribution in [2.24, 2.45) is 0 Å². The first-order valence-corrected chi connectivity index (χ1v) is 4.62. The maximum atomic E-state index is 11.4. The van der Waals surface area contributed by atoms with Gasteiger partial charge in [-0.15, -0.1) is 0 Å². The summed E-state index contributed by atoms with van der Waals surface area (Å²) in [6.07, 6.45) is 3.07. The lowest BCUT2D eigenvalue weighted by atomic mass is 10.2. The minimum absolute atomic E-state index is 0.266. The number of carbonyl (C=O) groups is 2. The molecule has 0 spiro atoms. The summed E-state index contributed by atoms with van der Waals surface area (Å²) in [5.41, 5.74) is 0.933. The number of hydrogen-bond acceptors (Lipinski definition) is 2. The van der Waals surface area contributed by atoms with E-state index in [1.165, 1.54) is 20.0 Å². The summed E-state index contributed by atoms with van der Waals surface area (Å²) in [6, 6.07) is 9.45. The van der Waals surface area contributed by atoms with Gasteiger partial charge in [-0.05, 0) is 11.6 Å². The van der Waals surface area contributed by atoms with Gasteiger partial charge in [0.05, 0.1) is 0 Å². The van der Waals surface area contributed by atoms with Crippen LogP contribution in [-0.2, 0) is 9.59 Å². The van der Waals surface area contributed by atoms with E-state index in [1.807, 2.05) is 30.3 Å². The molecule has 3 nitrogen and oxygen atoms in total. The predicted molar refractivity (Wildman–Crippen MR) is 58.9 cm³/mol. The van der Waals surface area contributed by atoms with Crippen molar-refractivity contribution in [2.75, 3.05) is 7.05 Å². The van der Waals surface area contributed by atoms with Crippen molar-refractivity contribution in [1.82, 2.24) is 4.90 Å². The van der Waals surface area contributed by atoms with Gasteiger partial charge in [-0.3, -0.25) is 14.5 Å². The van der Waals surface area contributed by atoms with E-state index in [0.29, 0.717) is 0 Å². The van der Waals surface area contributed by atoms with E-state index >= 15 is 0 Å². The molecular formula is C12H13NO2. The van der Waals surface area contributed by atoms with E-state index in [-0.39, 0.29) is 11.8 Å². The Balaban J connectivity index is 2.67. The number of carbonyl (C=O) groups excluding carboxylic acids is 2. The summed E-state index contributed by atoms with van der Waals surface area (Å²) in [5.74, 6) is -0.580. The minimum atomic E-state index is -0.314. The Kier molecular flexibility index (Phi) is 3.80. The van der Waals surface area contributed by atoms with Crippen molar-refractivity contribution < 1.29 is 9.59 Å². The molecule has 78 valence electrons. The Morgan fingerprint density at radius 2 is 1.80 bits per heavy atom. The minimum Gasteiger partial charge on any atom is -0.282 e. The highest BCUT2D eigenvalue weighted by molar-refractivity contribution is 6.01. The van der Waals surface area contributed by atoms with Crippen molar-refractivity contribution in [3.05, 3.63) is 42.0 Å². The SMILES string of the molecule is CC(=O)N(C)C(=O)C=Cc1ccccc1. The van der Waals surface area contributed by atoms with Crippen LogP contribution in [0, 0.1) is 0 Å². The number of rotatable bonds is 2. The molecule has 0 fully saturated rings. The second-order valence-electron chi connectivity index (χ2n) is 3.16. The number of likely N-dealkylation sites (N-methyl/N-ethyl adjacent to an activating group) is 1. The van der Waals surface area contributed by atoms with Crippen molar-refractivity contribution in [3.63, 3.8) is 0 Å². The highest BCUT2D eigenvalue weighted by atomic mass is 16.2. The fourth-order valence-corrected chi connectivity index (χ4v) is 0.999. The van der Waals surface area contributed by atoms with E-state index in [1.54, 1.807) is 6.08 Å². The van der Waals surface area contributed by atoms with Crippen LogP contribution in [0.15, 0.2) is 36.4 Å². The molecule has 1 aromatic carbocycles. The van der Waals surface area contributed by atoms with Gasteiger partial charge in [0.2, 0.25) is 5.91 Å². The average molecular weight is 203 g/mol. The van der Waals surface area contributed by atoms with Crippen LogP contribution in [0.1, 0.15) is 12.5 Å². The molecule has 0 radical (unpaired) electrons. The maximum absolute atomic E-state index is 11.4. The summed E-state index contributed by atoms with van der Waals surface area (Å²) < 4.78 is 0. The molecule has 0 aliphatic heterocycles. The Morgan fingerprint density at radius 1 is 1.20 bits per heavy atom. The summed E-state index contributed by atoms with van der Waals surface area (Å²) in [4.78, 5) is 23.3. The van der Waals surface area contributed by atoms with E-state index < -0.39 is 0 Å². The zero-order valence-corrected chi connectivity index (χ0v) is 8.81. The zero-order valence-electron chi connectivity index (χ0n) is 8.81. The third-order valence-corrected chi connectivity index (χ3v) is 2.02. The summed E-state index contributed by atoms with van der Waals surface area (Å²) in [7, 11) is 1.46. The standard InChI is InChI=1S/C12H13NO2/c1-10(14)13(2)12(15)9-8-11-6-4-3-5-7-11/h3-9H,1-2H3. The molecule has 15 heavy (non-hydrogen) atoms. The largest absolute Gasteiger partial charge is 0.282 e. The molecule has 0 heterocycles. The normalized spacial score (nSPS) is 10.3. The summed E-state index contributed by atoms with van der Waals surface area (Å²) >= 11 is 0. The van der Waals surface area contributed by atoms with Gasteiger partial charge in [-0.25, -0.2) is 0 Å². The first-order chi connectivity index (χ1) is 7.11. The Morgan fingerprint density at radius 3 is 2.33 bits per heavy atom. The van der Waals surface area contributed by atoms with Gasteiger partial charge in [0, 0.05) is 20.0 Å². The van der Waals surface area contributed by atoms with E-state index in [4.69, 9.17) is 0 Å². The number of imide groups is 1. The first kappa shape index (κ1) is 11.2. The molecule has 0 aromatic heterocycles. The number of benzene rings is 1. The third-order valence-electron chi connectivity index (χ3n) is 2.02. The second-order valence-corrected chi connectivity index (χ2v) is 3.16. The van der Waals surface area contributed by atoms with Crippen molar-refractivity contribution in [1.29, 1.82) is 0 Å². The fourth-order valence-electron chi connectivity index (χ4n) is 0.999. The van der Waals surface area contributed by atoms with Crippen LogP contribution in [0.4, 0.5) is 0 Å². The smallest absolute Gasteiger partial charge is 0.252 e. The van der Waals surface area contributed by atoms with Crippen LogP contribution < -0.4 is 0 Å². The van der Waals surface area contributed by atoms with E-state index in [0.717, 1.165) is 10.5 Å². The fraction of sp³-hybridized carbons (Fsp3) is 0.167. The molecular weight excluding hydrogens is 190 g/mol. The second kappa shape index (κ2) is 5.10. The Labute approximate surface area is 89.0 Å². The highest BCUT2D eigenvalue weighted by Gasteiger charge is 2.07. The molecule has 0 N–H and O–H groups in total. The molecule has 3 heteroatoms. The van der Waals surface area contributed by atoms with Crippen LogP contribution in [0.2, 0.25) is 0 Å². The molecule has 0 aliphatic carbocycles. The van der Waals surface area contributed by atoms with Crippen LogP contribution in [0.3, 0.4) is 0 Å². The number of hydrogen-bond donors (Lipinski definition) is 0. The molecule has 0 bridgehead atoms. The van der Waals surface area contributed by atoms with Crippen molar-refractivity contribution in [2.45, 2.75) is 6.92 Å². The molecule has 1 aromatic rings. The highest BCUT2D eigenvalue weighted by Crippen LogP contribution is 2.01. The summed E-state index contributed by atoms with van der Waals surface area (Å²) in [5, 5.41) is 0. The van der Waals surface area contributed by atoms with Gasteiger partial charge in [0.15, 0.2) is 0 Å². The maximum Gasteiger partial charge on any atom is 0.252 e. The van der Waals surface area contributed by atoms with Gasteiger partial charge >= 0.3 is 0 Å². The van der Waals surface area contributed by atoms with Crippen LogP contribution in [0.25, 0.3) is 6.08 Å². The van der Waals surface area contributed by atoms with Gasteiger partial charge in [-0.2, -0.15) is 0 Å². The van der Waals surface area contributed by atoms with Gasteiger partial charge in [0.1, 0.15) is 0 Å².